The first-order valence-electron chi connectivity index (χ1n) is 17.8. The van der Waals surface area contributed by atoms with E-state index in [1.165, 1.54) is 0 Å². The number of benzene rings is 3. The molecule has 3 aliphatic rings. The van der Waals surface area contributed by atoms with Gasteiger partial charge in [-0.25, -0.2) is 4.79 Å². The summed E-state index contributed by atoms with van der Waals surface area (Å²) in [5.74, 6) is -1.10. The number of hydrogen-bond donors (Lipinski definition) is 2. The largest absolute Gasteiger partial charge is 0.459 e. The number of amides is 3. The predicted octanol–water partition coefficient (Wildman–Crippen LogP) is 5.08. The first-order chi connectivity index (χ1) is 25.0. The van der Waals surface area contributed by atoms with Crippen LogP contribution in [0, 0.1) is 0 Å². The van der Waals surface area contributed by atoms with Gasteiger partial charge in [-0.05, 0) is 62.4 Å². The molecule has 5 atom stereocenters. The summed E-state index contributed by atoms with van der Waals surface area (Å²) in [6.07, 6.45) is -0.000425. The fraction of sp³-hybridized carbons (Fsp3) is 0.450. The van der Waals surface area contributed by atoms with E-state index in [4.69, 9.17) is 18.9 Å². The molecule has 0 aromatic heterocycles. The van der Waals surface area contributed by atoms with E-state index in [2.05, 4.69) is 10.2 Å². The summed E-state index contributed by atoms with van der Waals surface area (Å²) in [6, 6.07) is 22.9. The van der Waals surface area contributed by atoms with Gasteiger partial charge < -0.3 is 29.4 Å². The van der Waals surface area contributed by atoms with Gasteiger partial charge in [-0.3, -0.25) is 24.2 Å². The summed E-state index contributed by atoms with van der Waals surface area (Å²) in [5.41, 5.74) is 3.47. The zero-order valence-corrected chi connectivity index (χ0v) is 29.9. The molecule has 3 heterocycles. The predicted molar refractivity (Wildman–Crippen MR) is 189 cm³/mol. The Kier molecular flexibility index (Phi) is 11.7. The van der Waals surface area contributed by atoms with Gasteiger partial charge in [0, 0.05) is 18.5 Å². The number of alkyl carbamates (subject to hydrolysis) is 1. The zero-order chi connectivity index (χ0) is 36.8. The number of likely N-dealkylation sites (tertiary alicyclic amines) is 2. The van der Waals surface area contributed by atoms with Gasteiger partial charge in [-0.15, -0.1) is 0 Å². The van der Waals surface area contributed by atoms with Crippen LogP contribution < -0.4 is 5.32 Å². The van der Waals surface area contributed by atoms with E-state index in [-0.39, 0.29) is 56.3 Å². The Balaban J connectivity index is 1.10. The SMILES string of the molecule is CC(C)(C)OC(=O)[C@@H]1CCCN1C[C@H]1C[C@@H](c2ccc(CO)cc2)O[C@@H](c2ccc(CN3C(=O)CC(NC(=O)OCc4ccccc4)C3=O)cc2)O1. The Hall–Kier alpha value is -4.62. The van der Waals surface area contributed by atoms with Gasteiger partial charge in [-0.1, -0.05) is 78.9 Å². The first kappa shape index (κ1) is 37.1. The molecule has 0 saturated carbocycles. The third-order valence-corrected chi connectivity index (χ3v) is 9.44. The lowest BCUT2D eigenvalue weighted by Crippen LogP contribution is -2.45. The monoisotopic (exact) mass is 713 g/mol. The number of aliphatic hydroxyl groups excluding tert-OH is 1. The highest BCUT2D eigenvalue weighted by Crippen LogP contribution is 2.39. The molecule has 2 N–H and O–H groups in total. The molecule has 3 saturated heterocycles. The zero-order valence-electron chi connectivity index (χ0n) is 29.9. The van der Waals surface area contributed by atoms with Crippen molar-refractivity contribution in [1.29, 1.82) is 0 Å². The lowest BCUT2D eigenvalue weighted by molar-refractivity contribution is -0.253. The molecular weight excluding hydrogens is 666 g/mol. The van der Waals surface area contributed by atoms with Crippen LogP contribution in [0.25, 0.3) is 0 Å². The smallest absolute Gasteiger partial charge is 0.408 e. The van der Waals surface area contributed by atoms with Gasteiger partial charge in [-0.2, -0.15) is 0 Å². The van der Waals surface area contributed by atoms with Crippen molar-refractivity contribution in [3.63, 3.8) is 0 Å². The molecule has 3 amide bonds. The number of nitrogens with one attached hydrogen (secondary N) is 1. The van der Waals surface area contributed by atoms with Crippen LogP contribution in [0.15, 0.2) is 78.9 Å². The van der Waals surface area contributed by atoms with E-state index in [0.717, 1.165) is 52.1 Å². The highest BCUT2D eigenvalue weighted by Gasteiger charge is 2.41. The van der Waals surface area contributed by atoms with Crippen LogP contribution in [0.3, 0.4) is 0 Å². The summed E-state index contributed by atoms with van der Waals surface area (Å²) in [6.45, 7) is 6.95. The van der Waals surface area contributed by atoms with Crippen molar-refractivity contribution in [3.8, 4) is 0 Å². The minimum absolute atomic E-state index is 0.0467. The highest BCUT2D eigenvalue weighted by atomic mass is 16.7. The number of imide groups is 1. The maximum Gasteiger partial charge on any atom is 0.408 e. The lowest BCUT2D eigenvalue weighted by atomic mass is 9.99. The second-order valence-electron chi connectivity index (χ2n) is 14.6. The van der Waals surface area contributed by atoms with E-state index >= 15 is 0 Å². The minimum Gasteiger partial charge on any atom is -0.459 e. The van der Waals surface area contributed by atoms with Crippen LogP contribution in [-0.2, 0) is 53.1 Å². The molecule has 12 nitrogen and oxygen atoms in total. The Labute approximate surface area is 304 Å². The molecule has 1 unspecified atom stereocenters. The molecule has 3 aromatic rings. The van der Waals surface area contributed by atoms with Crippen molar-refractivity contribution < 1.29 is 43.2 Å². The van der Waals surface area contributed by atoms with Crippen LogP contribution in [0.5, 0.6) is 0 Å². The maximum absolute atomic E-state index is 13.1. The molecule has 276 valence electrons. The summed E-state index contributed by atoms with van der Waals surface area (Å²) >= 11 is 0. The lowest BCUT2D eigenvalue weighted by Gasteiger charge is -2.38. The molecule has 6 rings (SSSR count). The topological polar surface area (TPSA) is 144 Å². The van der Waals surface area contributed by atoms with E-state index in [0.29, 0.717) is 13.0 Å². The Morgan fingerprint density at radius 3 is 2.29 bits per heavy atom. The molecule has 0 radical (unpaired) electrons. The van der Waals surface area contributed by atoms with Gasteiger partial charge in [0.2, 0.25) is 5.91 Å². The number of aliphatic hydroxyl groups is 1. The van der Waals surface area contributed by atoms with E-state index in [1.54, 1.807) is 0 Å². The average Bonchev–Trinajstić information content (AvgIpc) is 3.70. The molecule has 0 bridgehead atoms. The van der Waals surface area contributed by atoms with Crippen molar-refractivity contribution in [3.05, 3.63) is 107 Å². The standard InChI is InChI=1S/C40H47N3O9/c1-40(2,3)52-37(47)33-10-7-19-42(33)23-31-20-34(29-15-13-27(24-44)14-16-29)51-38(50-31)30-17-11-26(12-18-30)22-43-35(45)21-32(36(43)46)41-39(48)49-25-28-8-5-4-6-9-28/h4-6,8-9,11-18,31-34,38,44H,7,10,19-25H2,1-3H3,(H,41,48)/t31-,32?,33+,34+,38+/m1/s1. The Bertz CT molecular complexity index is 1710. The fourth-order valence-corrected chi connectivity index (χ4v) is 6.81. The van der Waals surface area contributed by atoms with Crippen molar-refractivity contribution >= 4 is 23.9 Å². The number of rotatable bonds is 11. The third-order valence-electron chi connectivity index (χ3n) is 9.44. The normalized spacial score (nSPS) is 23.8. The van der Waals surface area contributed by atoms with Crippen molar-refractivity contribution in [1.82, 2.24) is 15.1 Å². The number of carbonyl (C=O) groups excluding carboxylic acids is 4. The Morgan fingerprint density at radius 1 is 0.904 bits per heavy atom. The molecule has 3 aromatic carbocycles. The van der Waals surface area contributed by atoms with Gasteiger partial charge in [0.05, 0.1) is 31.8 Å². The Morgan fingerprint density at radius 2 is 1.60 bits per heavy atom. The van der Waals surface area contributed by atoms with Crippen molar-refractivity contribution in [2.24, 2.45) is 0 Å². The number of esters is 1. The van der Waals surface area contributed by atoms with Gasteiger partial charge >= 0.3 is 12.1 Å². The number of carbonyl (C=O) groups is 4. The number of ether oxygens (including phenoxy) is 4. The third kappa shape index (κ3) is 9.43. The fourth-order valence-electron chi connectivity index (χ4n) is 6.81. The van der Waals surface area contributed by atoms with Gasteiger partial charge in [0.1, 0.15) is 24.3 Å². The van der Waals surface area contributed by atoms with E-state index < -0.39 is 29.9 Å². The molecule has 0 aliphatic carbocycles. The van der Waals surface area contributed by atoms with Crippen LogP contribution in [0.1, 0.15) is 86.7 Å². The van der Waals surface area contributed by atoms with Crippen LogP contribution >= 0.6 is 0 Å². The van der Waals surface area contributed by atoms with Crippen LogP contribution in [0.2, 0.25) is 0 Å². The number of hydrogen-bond acceptors (Lipinski definition) is 10. The van der Waals surface area contributed by atoms with E-state index in [1.807, 2.05) is 99.6 Å². The highest BCUT2D eigenvalue weighted by molar-refractivity contribution is 6.06. The van der Waals surface area contributed by atoms with Gasteiger partial charge in [0.25, 0.3) is 5.91 Å². The van der Waals surface area contributed by atoms with E-state index in [9.17, 15) is 24.3 Å². The molecule has 3 fully saturated rings. The second-order valence-corrected chi connectivity index (χ2v) is 14.6. The van der Waals surface area contributed by atoms with Crippen LogP contribution in [-0.4, -0.2) is 75.7 Å². The molecule has 0 spiro atoms. The number of nitrogens with zero attached hydrogens (tertiary/aromatic N) is 2. The summed E-state index contributed by atoms with van der Waals surface area (Å²) in [5, 5.41) is 12.1. The second kappa shape index (κ2) is 16.4. The summed E-state index contributed by atoms with van der Waals surface area (Å²) in [7, 11) is 0. The summed E-state index contributed by atoms with van der Waals surface area (Å²) in [4.78, 5) is 54.7. The van der Waals surface area contributed by atoms with Crippen molar-refractivity contribution in [2.75, 3.05) is 13.1 Å². The molecule has 3 aliphatic heterocycles. The average molecular weight is 714 g/mol. The molecular formula is C40H47N3O9. The molecule has 12 heteroatoms. The minimum atomic E-state index is -0.995. The maximum atomic E-state index is 13.1. The first-order valence-corrected chi connectivity index (χ1v) is 17.8. The van der Waals surface area contributed by atoms with Gasteiger partial charge in [0.15, 0.2) is 6.29 Å². The van der Waals surface area contributed by atoms with Crippen LogP contribution in [0.4, 0.5) is 4.79 Å². The quantitative estimate of drug-likeness (QED) is 0.204. The summed E-state index contributed by atoms with van der Waals surface area (Å²) < 4.78 is 24.0. The van der Waals surface area contributed by atoms with Crippen molar-refractivity contribution in [2.45, 2.75) is 102 Å². The molecule has 52 heavy (non-hydrogen) atoms.